The van der Waals surface area contributed by atoms with E-state index in [1.807, 2.05) is 0 Å². The van der Waals surface area contributed by atoms with E-state index < -0.39 is 5.91 Å². The van der Waals surface area contributed by atoms with Crippen molar-refractivity contribution in [3.8, 4) is 0 Å². The molecule has 0 bridgehead atoms. The highest BCUT2D eigenvalue weighted by atomic mass is 16.5. The first-order chi connectivity index (χ1) is 7.13. The molecule has 80 valence electrons. The predicted octanol–water partition coefficient (Wildman–Crippen LogP) is -1.20. The molecule has 0 atom stereocenters. The van der Waals surface area contributed by atoms with E-state index in [4.69, 9.17) is 0 Å². The summed E-state index contributed by atoms with van der Waals surface area (Å²) in [6, 6.07) is 2.95. The zero-order valence-electron chi connectivity index (χ0n) is 8.19. The quantitative estimate of drug-likeness (QED) is 0.484. The van der Waals surface area contributed by atoms with Crippen molar-refractivity contribution in [3.05, 3.63) is 35.3 Å². The Labute approximate surface area is 86.5 Å². The fourth-order valence-electron chi connectivity index (χ4n) is 0.940. The molecule has 2 N–H and O–H groups in total. The highest BCUT2D eigenvalue weighted by Gasteiger charge is 2.09. The van der Waals surface area contributed by atoms with E-state index in [2.05, 4.69) is 10.6 Å². The lowest BCUT2D eigenvalue weighted by atomic mass is 10.3. The molecule has 0 aromatic carbocycles. The van der Waals surface area contributed by atoms with Crippen LogP contribution in [0.3, 0.4) is 0 Å². The van der Waals surface area contributed by atoms with Crippen molar-refractivity contribution in [2.24, 2.45) is 0 Å². The number of amides is 2. The summed E-state index contributed by atoms with van der Waals surface area (Å²) in [5.41, 5.74) is 0.219. The Bertz CT molecular complexity index is 379. The van der Waals surface area contributed by atoms with Crippen molar-refractivity contribution in [2.45, 2.75) is 0 Å². The normalized spacial score (nSPS) is 9.40. The highest BCUT2D eigenvalue weighted by molar-refractivity contribution is 5.95. The molecule has 1 aromatic heterocycles. The van der Waals surface area contributed by atoms with Crippen molar-refractivity contribution in [3.63, 3.8) is 0 Å². The fraction of sp³-hybridized carbons (Fsp3) is 0.222. The van der Waals surface area contributed by atoms with Crippen LogP contribution in [0.25, 0.3) is 0 Å². The zero-order valence-corrected chi connectivity index (χ0v) is 8.19. The minimum absolute atomic E-state index is 0.108. The van der Waals surface area contributed by atoms with Gasteiger partial charge >= 0.3 is 0 Å². The number of hydrogen-bond donors (Lipinski definition) is 2. The number of hydrogen-bond acceptors (Lipinski definition) is 3. The highest BCUT2D eigenvalue weighted by Crippen LogP contribution is 1.93. The van der Waals surface area contributed by atoms with Gasteiger partial charge in [-0.2, -0.15) is 4.73 Å². The SMILES string of the molecule is CNC(=O)CNC(=O)c1ccc[n+]([O-])c1. The fourth-order valence-corrected chi connectivity index (χ4v) is 0.940. The van der Waals surface area contributed by atoms with Crippen molar-refractivity contribution in [1.82, 2.24) is 10.6 Å². The van der Waals surface area contributed by atoms with E-state index in [0.29, 0.717) is 4.73 Å². The van der Waals surface area contributed by atoms with E-state index in [1.165, 1.54) is 25.4 Å². The Morgan fingerprint density at radius 2 is 2.27 bits per heavy atom. The molecule has 0 saturated carbocycles. The molecular weight excluding hydrogens is 198 g/mol. The molecule has 0 fully saturated rings. The minimum atomic E-state index is -0.455. The number of carbonyl (C=O) groups is 2. The third-order valence-electron chi connectivity index (χ3n) is 1.73. The first-order valence-electron chi connectivity index (χ1n) is 4.31. The molecule has 0 aliphatic carbocycles. The molecule has 1 aromatic rings. The van der Waals surface area contributed by atoms with E-state index in [1.54, 1.807) is 0 Å². The molecule has 1 rings (SSSR count). The van der Waals surface area contributed by atoms with Gasteiger partial charge in [0.2, 0.25) is 5.91 Å². The summed E-state index contributed by atoms with van der Waals surface area (Å²) in [5.74, 6) is -0.752. The van der Waals surface area contributed by atoms with Crippen molar-refractivity contribution in [2.75, 3.05) is 13.6 Å². The summed E-state index contributed by atoms with van der Waals surface area (Å²) >= 11 is 0. The second-order valence-electron chi connectivity index (χ2n) is 2.81. The van der Waals surface area contributed by atoms with Crippen LogP contribution in [0, 0.1) is 5.21 Å². The van der Waals surface area contributed by atoms with Crippen molar-refractivity contribution < 1.29 is 14.3 Å². The molecule has 6 heteroatoms. The molecule has 0 radical (unpaired) electrons. The maximum atomic E-state index is 11.4. The van der Waals surface area contributed by atoms with Gasteiger partial charge in [0.05, 0.1) is 6.54 Å². The number of nitrogens with one attached hydrogen (secondary N) is 2. The predicted molar refractivity (Wildman–Crippen MR) is 51.8 cm³/mol. The zero-order chi connectivity index (χ0) is 11.3. The van der Waals surface area contributed by atoms with Crippen LogP contribution in [0.1, 0.15) is 10.4 Å². The number of carbonyl (C=O) groups excluding carboxylic acids is 2. The van der Waals surface area contributed by atoms with Gasteiger partial charge < -0.3 is 15.8 Å². The molecule has 1 heterocycles. The molecule has 0 spiro atoms. The van der Waals surface area contributed by atoms with E-state index >= 15 is 0 Å². The lowest BCUT2D eigenvalue weighted by Crippen LogP contribution is -2.36. The first kappa shape index (κ1) is 11.0. The Kier molecular flexibility index (Phi) is 3.61. The van der Waals surface area contributed by atoms with Gasteiger partial charge in [0.1, 0.15) is 5.56 Å². The summed E-state index contributed by atoms with van der Waals surface area (Å²) < 4.78 is 0.523. The summed E-state index contributed by atoms with van der Waals surface area (Å²) in [6.45, 7) is -0.108. The number of nitrogens with zero attached hydrogens (tertiary/aromatic N) is 1. The average Bonchev–Trinajstić information content (AvgIpc) is 2.25. The number of pyridine rings is 1. The van der Waals surface area contributed by atoms with Crippen LogP contribution in [0.4, 0.5) is 0 Å². The average molecular weight is 209 g/mol. The van der Waals surface area contributed by atoms with Gasteiger partial charge in [-0.25, -0.2) is 0 Å². The second kappa shape index (κ2) is 4.94. The van der Waals surface area contributed by atoms with Crippen LogP contribution in [0.2, 0.25) is 0 Å². The molecule has 0 unspecified atom stereocenters. The van der Waals surface area contributed by atoms with Gasteiger partial charge in [0.25, 0.3) is 5.91 Å². The van der Waals surface area contributed by atoms with Crippen LogP contribution in [0.5, 0.6) is 0 Å². The molecule has 0 aliphatic heterocycles. The summed E-state index contributed by atoms with van der Waals surface area (Å²) in [7, 11) is 1.47. The van der Waals surface area contributed by atoms with Gasteiger partial charge in [-0.3, -0.25) is 9.59 Å². The summed E-state index contributed by atoms with van der Waals surface area (Å²) in [6.07, 6.45) is 2.41. The van der Waals surface area contributed by atoms with Crippen LogP contribution in [-0.4, -0.2) is 25.4 Å². The van der Waals surface area contributed by atoms with E-state index in [0.717, 1.165) is 6.20 Å². The van der Waals surface area contributed by atoms with Crippen molar-refractivity contribution >= 4 is 11.8 Å². The Balaban J connectivity index is 2.58. The molecule has 0 aliphatic rings. The first-order valence-corrected chi connectivity index (χ1v) is 4.31. The molecule has 15 heavy (non-hydrogen) atoms. The van der Waals surface area contributed by atoms with Crippen molar-refractivity contribution in [1.29, 1.82) is 0 Å². The number of rotatable bonds is 3. The maximum absolute atomic E-state index is 11.4. The maximum Gasteiger partial charge on any atom is 0.257 e. The van der Waals surface area contributed by atoms with Gasteiger partial charge in [0.15, 0.2) is 12.4 Å². The Morgan fingerprint density at radius 3 is 2.87 bits per heavy atom. The number of likely N-dealkylation sites (N-methyl/N-ethyl adjacent to an activating group) is 1. The summed E-state index contributed by atoms with van der Waals surface area (Å²) in [5, 5.41) is 15.6. The molecule has 6 nitrogen and oxygen atoms in total. The smallest absolute Gasteiger partial charge is 0.257 e. The number of aromatic nitrogens is 1. The van der Waals surface area contributed by atoms with Gasteiger partial charge in [-0.05, 0) is 6.07 Å². The van der Waals surface area contributed by atoms with Crippen LogP contribution < -0.4 is 15.4 Å². The van der Waals surface area contributed by atoms with Crippen LogP contribution >= 0.6 is 0 Å². The largest absolute Gasteiger partial charge is 0.619 e. The third kappa shape index (κ3) is 3.26. The molecule has 2 amide bonds. The van der Waals surface area contributed by atoms with Crippen LogP contribution in [-0.2, 0) is 4.79 Å². The summed E-state index contributed by atoms with van der Waals surface area (Å²) in [4.78, 5) is 22.2. The van der Waals surface area contributed by atoms with Gasteiger partial charge in [-0.1, -0.05) is 0 Å². The third-order valence-corrected chi connectivity index (χ3v) is 1.73. The Hall–Kier alpha value is -2.11. The molecular formula is C9H11N3O3. The van der Waals surface area contributed by atoms with E-state index in [-0.39, 0.29) is 18.0 Å². The van der Waals surface area contributed by atoms with Gasteiger partial charge in [-0.15, -0.1) is 0 Å². The topological polar surface area (TPSA) is 85.1 Å². The minimum Gasteiger partial charge on any atom is -0.619 e. The molecule has 0 saturated heterocycles. The standard InChI is InChI=1S/C9H11N3O3/c1-10-8(13)5-11-9(14)7-3-2-4-12(15)6-7/h2-4,6H,5H2,1H3,(H,10,13)(H,11,14). The second-order valence-corrected chi connectivity index (χ2v) is 2.81. The Morgan fingerprint density at radius 1 is 1.53 bits per heavy atom. The lowest BCUT2D eigenvalue weighted by molar-refractivity contribution is -0.605. The lowest BCUT2D eigenvalue weighted by Gasteiger charge is -2.03. The van der Waals surface area contributed by atoms with E-state index in [9.17, 15) is 14.8 Å². The van der Waals surface area contributed by atoms with Gasteiger partial charge in [0, 0.05) is 13.1 Å². The monoisotopic (exact) mass is 209 g/mol. The van der Waals surface area contributed by atoms with Crippen LogP contribution in [0.15, 0.2) is 24.5 Å².